The zero-order valence-electron chi connectivity index (χ0n) is 26.2. The number of nitriles is 1. The quantitative estimate of drug-likeness (QED) is 0.294. The summed E-state index contributed by atoms with van der Waals surface area (Å²) in [6, 6.07) is 12.4. The Labute approximate surface area is 263 Å². The van der Waals surface area contributed by atoms with E-state index in [1.165, 1.54) is 35.1 Å². The van der Waals surface area contributed by atoms with Crippen LogP contribution in [0.2, 0.25) is 0 Å². The third-order valence-corrected chi connectivity index (χ3v) is 8.84. The van der Waals surface area contributed by atoms with Gasteiger partial charge in [0.25, 0.3) is 5.91 Å². The number of carbonyl (C=O) groups excluding carboxylic acids is 3. The van der Waals surface area contributed by atoms with E-state index < -0.39 is 35.1 Å². The zero-order chi connectivity index (χ0) is 32.5. The lowest BCUT2D eigenvalue weighted by molar-refractivity contribution is -0.136. The highest BCUT2D eigenvalue weighted by molar-refractivity contribution is 6.00. The van der Waals surface area contributed by atoms with Crippen LogP contribution in [0.3, 0.4) is 0 Å². The number of aromatic nitrogens is 2. The molecule has 234 valence electrons. The van der Waals surface area contributed by atoms with Gasteiger partial charge in [0.15, 0.2) is 0 Å². The van der Waals surface area contributed by atoms with Gasteiger partial charge in [-0.05, 0) is 67.5 Å². The molecule has 1 aliphatic heterocycles. The predicted molar refractivity (Wildman–Crippen MR) is 169 cm³/mol. The SMILES string of the molecule is C=C[C@]1(C(=O)Nc2ccccc2)C[C@@H](C#N)N(C(=O)[C@H](CC(C)C)N(C)C(=O)c2cc(-c3cnn(C4CC4)c3)c(C)cc2F)C1. The molecule has 10 heteroatoms. The molecule has 3 amide bonds. The number of nitrogens with one attached hydrogen (secondary N) is 1. The third kappa shape index (κ3) is 6.39. The molecule has 1 N–H and O–H groups in total. The first-order chi connectivity index (χ1) is 21.5. The van der Waals surface area contributed by atoms with Gasteiger partial charge in [0.05, 0.1) is 29.3 Å². The van der Waals surface area contributed by atoms with E-state index in [1.807, 2.05) is 30.8 Å². The van der Waals surface area contributed by atoms with E-state index >= 15 is 4.39 Å². The molecule has 1 aromatic heterocycles. The fraction of sp³-hybridized carbons (Fsp3) is 0.400. The first-order valence-electron chi connectivity index (χ1n) is 15.3. The van der Waals surface area contributed by atoms with Crippen LogP contribution in [0, 0.1) is 35.4 Å². The molecule has 45 heavy (non-hydrogen) atoms. The van der Waals surface area contributed by atoms with Crippen LogP contribution in [-0.4, -0.2) is 63.0 Å². The topological polar surface area (TPSA) is 111 Å². The number of para-hydroxylation sites is 1. The number of halogens is 1. The minimum atomic E-state index is -1.21. The number of benzene rings is 2. The summed E-state index contributed by atoms with van der Waals surface area (Å²) in [4.78, 5) is 44.3. The smallest absolute Gasteiger partial charge is 0.257 e. The number of amides is 3. The van der Waals surface area contributed by atoms with Crippen LogP contribution in [0.25, 0.3) is 11.1 Å². The number of aryl methyl sites for hydroxylation is 1. The molecule has 1 aliphatic carbocycles. The summed E-state index contributed by atoms with van der Waals surface area (Å²) < 4.78 is 17.3. The van der Waals surface area contributed by atoms with E-state index in [0.29, 0.717) is 22.9 Å². The van der Waals surface area contributed by atoms with Crippen molar-refractivity contribution in [1.82, 2.24) is 19.6 Å². The van der Waals surface area contributed by atoms with Crippen LogP contribution in [-0.2, 0) is 9.59 Å². The molecule has 2 heterocycles. The maximum Gasteiger partial charge on any atom is 0.257 e. The molecule has 0 spiro atoms. The van der Waals surface area contributed by atoms with E-state index in [0.717, 1.165) is 18.4 Å². The second-order valence-corrected chi connectivity index (χ2v) is 12.6. The average molecular weight is 611 g/mol. The molecule has 9 nitrogen and oxygen atoms in total. The van der Waals surface area contributed by atoms with Crippen LogP contribution in [0.15, 0.2) is 67.5 Å². The van der Waals surface area contributed by atoms with Gasteiger partial charge in [0.2, 0.25) is 11.8 Å². The molecule has 2 fully saturated rings. The van der Waals surface area contributed by atoms with Crippen LogP contribution in [0.5, 0.6) is 0 Å². The number of rotatable bonds is 10. The van der Waals surface area contributed by atoms with Gasteiger partial charge < -0.3 is 15.1 Å². The number of likely N-dealkylation sites (N-methyl/N-ethyl adjacent to an activating group) is 1. The number of hydrogen-bond donors (Lipinski definition) is 1. The maximum absolute atomic E-state index is 15.4. The van der Waals surface area contributed by atoms with Crippen molar-refractivity contribution in [2.45, 2.75) is 64.6 Å². The van der Waals surface area contributed by atoms with Crippen molar-refractivity contribution in [2.75, 3.05) is 18.9 Å². The first-order valence-corrected chi connectivity index (χ1v) is 15.3. The van der Waals surface area contributed by atoms with Gasteiger partial charge in [0, 0.05) is 37.5 Å². The van der Waals surface area contributed by atoms with Crippen molar-refractivity contribution in [1.29, 1.82) is 5.26 Å². The maximum atomic E-state index is 15.4. The van der Waals surface area contributed by atoms with Gasteiger partial charge in [-0.1, -0.05) is 38.1 Å². The van der Waals surface area contributed by atoms with E-state index in [-0.39, 0.29) is 36.8 Å². The number of hydrogen-bond acceptors (Lipinski definition) is 5. The normalized spacial score (nSPS) is 20.0. The van der Waals surface area contributed by atoms with Gasteiger partial charge >= 0.3 is 0 Å². The molecule has 3 atom stereocenters. The number of anilines is 1. The lowest BCUT2D eigenvalue weighted by atomic mass is 9.84. The standard InChI is InChI=1S/C35H39FN6O3/c1-6-35(34(45)39-25-10-8-7-9-11-25)17-27(18-37)41(21-35)33(44)31(14-22(2)3)40(5)32(43)29-16-28(23(4)15-30(29)36)24-19-38-42(20-24)26-12-13-26/h6-11,15-16,19-20,22,26-27,31H,1,12-14,17,21H2,2-5H3,(H,39,45)/t27-,31-,35-/m0/s1. The minimum absolute atomic E-state index is 0.00503. The van der Waals surface area contributed by atoms with Gasteiger partial charge in [0.1, 0.15) is 17.9 Å². The lowest BCUT2D eigenvalue weighted by Gasteiger charge is -2.33. The Hall–Kier alpha value is -4.78. The summed E-state index contributed by atoms with van der Waals surface area (Å²) >= 11 is 0. The monoisotopic (exact) mass is 610 g/mol. The summed E-state index contributed by atoms with van der Waals surface area (Å²) in [6.07, 6.45) is 7.60. The van der Waals surface area contributed by atoms with Crippen LogP contribution in [0.1, 0.15) is 61.5 Å². The second kappa shape index (κ2) is 12.7. The van der Waals surface area contributed by atoms with E-state index in [4.69, 9.17) is 0 Å². The Balaban J connectivity index is 1.42. The lowest BCUT2D eigenvalue weighted by Crippen LogP contribution is -2.52. The Kier molecular flexibility index (Phi) is 8.91. The molecule has 1 saturated carbocycles. The number of carbonyl (C=O) groups is 3. The summed E-state index contributed by atoms with van der Waals surface area (Å²) in [7, 11) is 1.48. The molecular formula is C35H39FN6O3. The molecule has 3 aromatic rings. The summed E-state index contributed by atoms with van der Waals surface area (Å²) in [5, 5.41) is 17.4. The van der Waals surface area contributed by atoms with Crippen molar-refractivity contribution < 1.29 is 18.8 Å². The highest BCUT2D eigenvalue weighted by Crippen LogP contribution is 2.39. The molecule has 5 rings (SSSR count). The average Bonchev–Trinajstić information content (AvgIpc) is 3.62. The minimum Gasteiger partial charge on any atom is -0.330 e. The van der Waals surface area contributed by atoms with Crippen molar-refractivity contribution in [3.05, 3.63) is 84.5 Å². The van der Waals surface area contributed by atoms with Crippen LogP contribution < -0.4 is 5.32 Å². The fourth-order valence-electron chi connectivity index (χ4n) is 6.02. The molecule has 0 bridgehead atoms. The third-order valence-electron chi connectivity index (χ3n) is 8.84. The largest absolute Gasteiger partial charge is 0.330 e. The van der Waals surface area contributed by atoms with Crippen molar-refractivity contribution in [3.8, 4) is 17.2 Å². The van der Waals surface area contributed by atoms with Crippen molar-refractivity contribution in [3.63, 3.8) is 0 Å². The summed E-state index contributed by atoms with van der Waals surface area (Å²) in [5.74, 6) is -2.18. The van der Waals surface area contributed by atoms with Gasteiger partial charge in [-0.2, -0.15) is 10.4 Å². The van der Waals surface area contributed by atoms with Crippen molar-refractivity contribution >= 4 is 23.4 Å². The molecule has 1 saturated heterocycles. The Morgan fingerprint density at radius 3 is 2.58 bits per heavy atom. The number of likely N-dealkylation sites (tertiary alicyclic amines) is 1. The zero-order valence-corrected chi connectivity index (χ0v) is 26.2. The second-order valence-electron chi connectivity index (χ2n) is 12.6. The van der Waals surface area contributed by atoms with E-state index in [1.54, 1.807) is 37.4 Å². The van der Waals surface area contributed by atoms with Crippen LogP contribution in [0.4, 0.5) is 10.1 Å². The van der Waals surface area contributed by atoms with Gasteiger partial charge in [-0.3, -0.25) is 19.1 Å². The Morgan fingerprint density at radius 1 is 1.24 bits per heavy atom. The fourth-order valence-corrected chi connectivity index (χ4v) is 6.02. The molecular weight excluding hydrogens is 571 g/mol. The number of nitrogens with zero attached hydrogens (tertiary/aromatic N) is 5. The first kappa shape index (κ1) is 31.6. The summed E-state index contributed by atoms with van der Waals surface area (Å²) in [5.41, 5.74) is 1.37. The molecule has 0 radical (unpaired) electrons. The molecule has 0 unspecified atom stereocenters. The van der Waals surface area contributed by atoms with Crippen LogP contribution >= 0.6 is 0 Å². The van der Waals surface area contributed by atoms with E-state index in [9.17, 15) is 19.6 Å². The Bertz CT molecular complexity index is 1660. The van der Waals surface area contributed by atoms with E-state index in [2.05, 4.69) is 23.1 Å². The molecule has 2 aromatic carbocycles. The highest BCUT2D eigenvalue weighted by atomic mass is 19.1. The molecule has 2 aliphatic rings. The highest BCUT2D eigenvalue weighted by Gasteiger charge is 2.51. The predicted octanol–water partition coefficient (Wildman–Crippen LogP) is 5.75. The van der Waals surface area contributed by atoms with Gasteiger partial charge in [-0.25, -0.2) is 4.39 Å². The Morgan fingerprint density at radius 2 is 1.96 bits per heavy atom. The summed E-state index contributed by atoms with van der Waals surface area (Å²) in [6.45, 7) is 9.44. The van der Waals surface area contributed by atoms with Crippen molar-refractivity contribution in [2.24, 2.45) is 11.3 Å². The van der Waals surface area contributed by atoms with Gasteiger partial charge in [-0.15, -0.1) is 6.58 Å².